The molecule has 2 aromatic rings. The Bertz CT molecular complexity index is 588. The van der Waals surface area contributed by atoms with Crippen molar-refractivity contribution in [1.82, 2.24) is 15.0 Å². The highest BCUT2D eigenvalue weighted by Crippen LogP contribution is 2.13. The Morgan fingerprint density at radius 1 is 1.41 bits per heavy atom. The molecule has 1 aliphatic rings. The van der Waals surface area contributed by atoms with Gasteiger partial charge in [-0.15, -0.1) is 5.10 Å². The summed E-state index contributed by atoms with van der Waals surface area (Å²) in [5.74, 6) is 0. The van der Waals surface area contributed by atoms with Crippen molar-refractivity contribution in [3.63, 3.8) is 0 Å². The molecule has 0 amide bonds. The van der Waals surface area contributed by atoms with Gasteiger partial charge in [-0.1, -0.05) is 17.3 Å². The molecule has 5 heteroatoms. The summed E-state index contributed by atoms with van der Waals surface area (Å²) in [6.07, 6.45) is 2.14. The van der Waals surface area contributed by atoms with Crippen LogP contribution in [0.5, 0.6) is 0 Å². The summed E-state index contributed by atoms with van der Waals surface area (Å²) in [7, 11) is 0. The highest BCUT2D eigenvalue weighted by Gasteiger charge is 2.17. The van der Waals surface area contributed by atoms with E-state index in [4.69, 9.17) is 4.74 Å². The molecule has 88 valence electrons. The van der Waals surface area contributed by atoms with E-state index >= 15 is 0 Å². The van der Waals surface area contributed by atoms with E-state index in [2.05, 4.69) is 10.3 Å². The predicted octanol–water partition coefficient (Wildman–Crippen LogP) is 0.970. The molecule has 5 nitrogen and oxygen atoms in total. The maximum absolute atomic E-state index is 12.1. The fourth-order valence-electron chi connectivity index (χ4n) is 2.12. The fourth-order valence-corrected chi connectivity index (χ4v) is 2.12. The Morgan fingerprint density at radius 2 is 2.29 bits per heavy atom. The molecule has 2 heterocycles. The first-order valence-corrected chi connectivity index (χ1v) is 5.79. The third-order valence-electron chi connectivity index (χ3n) is 3.03. The average Bonchev–Trinajstić information content (AvgIpc) is 2.86. The van der Waals surface area contributed by atoms with Crippen LogP contribution in [0.4, 0.5) is 0 Å². The molecule has 0 bridgehead atoms. The van der Waals surface area contributed by atoms with Gasteiger partial charge >= 0.3 is 0 Å². The lowest BCUT2D eigenvalue weighted by atomic mass is 10.2. The number of nitrogens with zero attached hydrogens (tertiary/aromatic N) is 3. The van der Waals surface area contributed by atoms with Gasteiger partial charge in [0.05, 0.1) is 18.0 Å². The second kappa shape index (κ2) is 4.25. The van der Waals surface area contributed by atoms with Gasteiger partial charge in [0.1, 0.15) is 5.52 Å². The van der Waals surface area contributed by atoms with Crippen LogP contribution in [0.15, 0.2) is 29.1 Å². The zero-order chi connectivity index (χ0) is 11.7. The summed E-state index contributed by atoms with van der Waals surface area (Å²) in [6, 6.07) is 7.25. The predicted molar refractivity (Wildman–Crippen MR) is 62.8 cm³/mol. The maximum Gasteiger partial charge on any atom is 0.277 e. The van der Waals surface area contributed by atoms with Gasteiger partial charge in [0, 0.05) is 6.61 Å². The van der Waals surface area contributed by atoms with E-state index in [0.717, 1.165) is 19.4 Å². The number of fused-ring (bicyclic) bond motifs is 1. The van der Waals surface area contributed by atoms with Crippen LogP contribution in [0.1, 0.15) is 12.8 Å². The number of hydrogen-bond donors (Lipinski definition) is 0. The molecule has 0 N–H and O–H groups in total. The molecule has 1 unspecified atom stereocenters. The van der Waals surface area contributed by atoms with Crippen molar-refractivity contribution in [1.29, 1.82) is 0 Å². The SMILES string of the molecule is O=c1c2ccccc2nnn1CC1CCCO1. The minimum Gasteiger partial charge on any atom is -0.376 e. The van der Waals surface area contributed by atoms with Crippen LogP contribution in [0.25, 0.3) is 10.9 Å². The molecule has 17 heavy (non-hydrogen) atoms. The zero-order valence-corrected chi connectivity index (χ0v) is 9.37. The molecule has 1 aromatic heterocycles. The number of benzene rings is 1. The van der Waals surface area contributed by atoms with Crippen LogP contribution in [-0.4, -0.2) is 27.7 Å². The molecule has 1 aromatic carbocycles. The topological polar surface area (TPSA) is 57.0 Å². The number of aromatic nitrogens is 3. The van der Waals surface area contributed by atoms with Crippen molar-refractivity contribution < 1.29 is 4.74 Å². The third-order valence-corrected chi connectivity index (χ3v) is 3.03. The monoisotopic (exact) mass is 231 g/mol. The molecule has 1 saturated heterocycles. The minimum absolute atomic E-state index is 0.0916. The highest BCUT2D eigenvalue weighted by molar-refractivity contribution is 5.76. The van der Waals surface area contributed by atoms with Gasteiger partial charge in [-0.25, -0.2) is 4.68 Å². The van der Waals surface area contributed by atoms with Gasteiger partial charge < -0.3 is 4.74 Å². The lowest BCUT2D eigenvalue weighted by Crippen LogP contribution is -2.29. The van der Waals surface area contributed by atoms with E-state index in [1.54, 1.807) is 12.1 Å². The summed E-state index contributed by atoms with van der Waals surface area (Å²) < 4.78 is 6.90. The van der Waals surface area contributed by atoms with E-state index in [9.17, 15) is 4.79 Å². The molecular formula is C12H13N3O2. The van der Waals surface area contributed by atoms with Crippen molar-refractivity contribution in [2.75, 3.05) is 6.61 Å². The van der Waals surface area contributed by atoms with Gasteiger partial charge in [0.2, 0.25) is 0 Å². The number of ether oxygens (including phenoxy) is 1. The average molecular weight is 231 g/mol. The smallest absolute Gasteiger partial charge is 0.277 e. The van der Waals surface area contributed by atoms with Crippen LogP contribution >= 0.6 is 0 Å². The van der Waals surface area contributed by atoms with E-state index < -0.39 is 0 Å². The molecule has 1 aliphatic heterocycles. The second-order valence-electron chi connectivity index (χ2n) is 4.23. The van der Waals surface area contributed by atoms with E-state index in [1.165, 1.54) is 4.68 Å². The van der Waals surface area contributed by atoms with Crippen molar-refractivity contribution in [3.05, 3.63) is 34.6 Å². The highest BCUT2D eigenvalue weighted by atomic mass is 16.5. The van der Waals surface area contributed by atoms with Gasteiger partial charge in [-0.2, -0.15) is 0 Å². The Hall–Kier alpha value is -1.75. The van der Waals surface area contributed by atoms with Crippen molar-refractivity contribution in [2.45, 2.75) is 25.5 Å². The fraction of sp³-hybridized carbons (Fsp3) is 0.417. The zero-order valence-electron chi connectivity index (χ0n) is 9.37. The minimum atomic E-state index is -0.0916. The van der Waals surface area contributed by atoms with Crippen molar-refractivity contribution in [2.24, 2.45) is 0 Å². The number of rotatable bonds is 2. The molecule has 3 rings (SSSR count). The van der Waals surface area contributed by atoms with Crippen molar-refractivity contribution in [3.8, 4) is 0 Å². The number of hydrogen-bond acceptors (Lipinski definition) is 4. The molecular weight excluding hydrogens is 218 g/mol. The summed E-state index contributed by atoms with van der Waals surface area (Å²) in [4.78, 5) is 12.1. The molecule has 1 fully saturated rings. The standard InChI is InChI=1S/C12H13N3O2/c16-12-10-5-1-2-6-11(10)13-14-15(12)8-9-4-3-7-17-9/h1-2,5-6,9H,3-4,7-8H2. The van der Waals surface area contributed by atoms with Crippen molar-refractivity contribution >= 4 is 10.9 Å². The van der Waals surface area contributed by atoms with E-state index in [0.29, 0.717) is 17.4 Å². The van der Waals surface area contributed by atoms with Crippen LogP contribution in [0.3, 0.4) is 0 Å². The van der Waals surface area contributed by atoms with Gasteiger partial charge in [0.15, 0.2) is 0 Å². The lowest BCUT2D eigenvalue weighted by Gasteiger charge is -2.10. The van der Waals surface area contributed by atoms with Gasteiger partial charge in [-0.05, 0) is 25.0 Å². The first-order chi connectivity index (χ1) is 8.34. The maximum atomic E-state index is 12.1. The van der Waals surface area contributed by atoms with Gasteiger partial charge in [0.25, 0.3) is 5.56 Å². The summed E-state index contributed by atoms with van der Waals surface area (Å²) in [6.45, 7) is 1.27. The van der Waals surface area contributed by atoms with Crippen LogP contribution in [-0.2, 0) is 11.3 Å². The van der Waals surface area contributed by atoms with Gasteiger partial charge in [-0.3, -0.25) is 4.79 Å². The van der Waals surface area contributed by atoms with Crippen LogP contribution in [0.2, 0.25) is 0 Å². The normalized spacial score (nSPS) is 19.9. The van der Waals surface area contributed by atoms with E-state index in [1.807, 2.05) is 12.1 Å². The summed E-state index contributed by atoms with van der Waals surface area (Å²) in [5.41, 5.74) is 0.548. The quantitative estimate of drug-likeness (QED) is 0.772. The Morgan fingerprint density at radius 3 is 3.12 bits per heavy atom. The first-order valence-electron chi connectivity index (χ1n) is 5.79. The second-order valence-corrected chi connectivity index (χ2v) is 4.23. The Balaban J connectivity index is 1.99. The summed E-state index contributed by atoms with van der Waals surface area (Å²) in [5, 5.41) is 8.60. The third kappa shape index (κ3) is 1.93. The van der Waals surface area contributed by atoms with Crippen LogP contribution in [0, 0.1) is 0 Å². The Kier molecular flexibility index (Phi) is 2.60. The Labute approximate surface area is 98.0 Å². The molecule has 1 atom stereocenters. The molecule has 0 spiro atoms. The molecule has 0 aliphatic carbocycles. The molecule has 0 saturated carbocycles. The molecule has 0 radical (unpaired) electrons. The van der Waals surface area contributed by atoms with E-state index in [-0.39, 0.29) is 11.7 Å². The first kappa shape index (κ1) is 10.4. The van der Waals surface area contributed by atoms with Crippen LogP contribution < -0.4 is 5.56 Å². The summed E-state index contributed by atoms with van der Waals surface area (Å²) >= 11 is 0. The lowest BCUT2D eigenvalue weighted by molar-refractivity contribution is 0.0920. The largest absolute Gasteiger partial charge is 0.376 e.